The quantitative estimate of drug-likeness (QED) is 0.814. The van der Waals surface area contributed by atoms with Crippen molar-refractivity contribution in [1.29, 1.82) is 0 Å². The molecule has 0 saturated carbocycles. The summed E-state index contributed by atoms with van der Waals surface area (Å²) >= 11 is 5.73. The van der Waals surface area contributed by atoms with Gasteiger partial charge >= 0.3 is 0 Å². The highest BCUT2D eigenvalue weighted by molar-refractivity contribution is 6.30. The molecule has 0 unspecified atom stereocenters. The van der Waals surface area contributed by atoms with E-state index < -0.39 is 0 Å². The second kappa shape index (κ2) is 5.62. The van der Waals surface area contributed by atoms with Crippen LogP contribution in [0.1, 0.15) is 10.4 Å². The summed E-state index contributed by atoms with van der Waals surface area (Å²) < 4.78 is 0. The van der Waals surface area contributed by atoms with Gasteiger partial charge in [-0.1, -0.05) is 23.8 Å². The van der Waals surface area contributed by atoms with Crippen LogP contribution in [0.15, 0.2) is 48.6 Å². The van der Waals surface area contributed by atoms with Gasteiger partial charge < -0.3 is 0 Å². The molecule has 0 radical (unpaired) electrons. The smallest absolute Gasteiger partial charge is 0.265 e. The molecular weight excluding hydrogens is 252 g/mol. The number of carbonyl (C=O) groups is 2. The van der Waals surface area contributed by atoms with Gasteiger partial charge in [0.1, 0.15) is 0 Å². The first-order chi connectivity index (χ1) is 8.65. The number of nitrogens with one attached hydrogen (secondary N) is 2. The van der Waals surface area contributed by atoms with Crippen LogP contribution in [-0.2, 0) is 4.79 Å². The molecule has 0 spiro atoms. The fourth-order valence-electron chi connectivity index (χ4n) is 1.44. The molecule has 0 aromatic heterocycles. The molecule has 1 aromatic rings. The molecule has 0 aliphatic heterocycles. The minimum atomic E-state index is -0.259. The molecule has 0 heterocycles. The Bertz CT molecular complexity index is 504. The van der Waals surface area contributed by atoms with Crippen molar-refractivity contribution in [2.45, 2.75) is 6.04 Å². The lowest BCUT2D eigenvalue weighted by Gasteiger charge is -2.13. The van der Waals surface area contributed by atoms with E-state index in [0.717, 1.165) is 0 Å². The van der Waals surface area contributed by atoms with E-state index in [9.17, 15) is 9.59 Å². The van der Waals surface area contributed by atoms with E-state index in [1.807, 2.05) is 0 Å². The van der Waals surface area contributed by atoms with Gasteiger partial charge in [-0.15, -0.1) is 0 Å². The number of amides is 1. The van der Waals surface area contributed by atoms with Gasteiger partial charge in [-0.25, -0.2) is 5.43 Å². The van der Waals surface area contributed by atoms with Gasteiger partial charge in [-0.2, -0.15) is 0 Å². The van der Waals surface area contributed by atoms with Crippen LogP contribution in [0, 0.1) is 0 Å². The van der Waals surface area contributed by atoms with Gasteiger partial charge in [-0.3, -0.25) is 15.0 Å². The normalized spacial score (nSPS) is 14.8. The Balaban J connectivity index is 1.89. The zero-order chi connectivity index (χ0) is 13.0. The van der Waals surface area contributed by atoms with Crippen LogP contribution < -0.4 is 10.9 Å². The SMILES string of the molecule is O=C1C=CC(NNC(=O)c2ccc(Cl)cc2)C=C1. The van der Waals surface area contributed by atoms with Crippen molar-refractivity contribution < 1.29 is 9.59 Å². The third kappa shape index (κ3) is 3.29. The summed E-state index contributed by atoms with van der Waals surface area (Å²) in [5.41, 5.74) is 5.86. The van der Waals surface area contributed by atoms with Crippen LogP contribution in [-0.4, -0.2) is 17.7 Å². The molecule has 1 aliphatic rings. The second-order valence-electron chi connectivity index (χ2n) is 3.75. The predicted octanol–water partition coefficient (Wildman–Crippen LogP) is 1.64. The average molecular weight is 263 g/mol. The monoisotopic (exact) mass is 262 g/mol. The van der Waals surface area contributed by atoms with Crippen LogP contribution in [0.3, 0.4) is 0 Å². The van der Waals surface area contributed by atoms with Crippen LogP contribution >= 0.6 is 11.6 Å². The molecule has 1 aromatic carbocycles. The molecule has 2 rings (SSSR count). The standard InChI is InChI=1S/C13H11ClN2O2/c14-10-3-1-9(2-4-10)13(18)16-15-11-5-7-12(17)8-6-11/h1-8,11,15H,(H,16,18). The predicted molar refractivity (Wildman–Crippen MR) is 69.1 cm³/mol. The number of rotatable bonds is 3. The molecule has 5 heteroatoms. The van der Waals surface area contributed by atoms with E-state index in [1.165, 1.54) is 12.2 Å². The Hall–Kier alpha value is -1.91. The number of halogens is 1. The lowest BCUT2D eigenvalue weighted by atomic mass is 10.1. The fourth-order valence-corrected chi connectivity index (χ4v) is 1.56. The Kier molecular flexibility index (Phi) is 3.92. The number of carbonyl (C=O) groups excluding carboxylic acids is 2. The third-order valence-corrected chi connectivity index (χ3v) is 2.65. The van der Waals surface area contributed by atoms with E-state index in [2.05, 4.69) is 10.9 Å². The van der Waals surface area contributed by atoms with Gasteiger partial charge in [0, 0.05) is 10.6 Å². The van der Waals surface area contributed by atoms with E-state index in [0.29, 0.717) is 10.6 Å². The topological polar surface area (TPSA) is 58.2 Å². The van der Waals surface area contributed by atoms with Crippen LogP contribution in [0.4, 0.5) is 0 Å². The maximum absolute atomic E-state index is 11.7. The Morgan fingerprint density at radius 3 is 2.33 bits per heavy atom. The zero-order valence-corrected chi connectivity index (χ0v) is 10.1. The van der Waals surface area contributed by atoms with Crippen molar-refractivity contribution in [3.63, 3.8) is 0 Å². The summed E-state index contributed by atoms with van der Waals surface area (Å²) in [4.78, 5) is 22.6. The average Bonchev–Trinajstić information content (AvgIpc) is 2.38. The first-order valence-corrected chi connectivity index (χ1v) is 5.75. The van der Waals surface area contributed by atoms with Gasteiger partial charge in [-0.05, 0) is 36.4 Å². The Morgan fingerprint density at radius 2 is 1.72 bits per heavy atom. The summed E-state index contributed by atoms with van der Waals surface area (Å²) in [6, 6.07) is 6.38. The van der Waals surface area contributed by atoms with Crippen molar-refractivity contribution in [2.75, 3.05) is 0 Å². The van der Waals surface area contributed by atoms with Gasteiger partial charge in [0.25, 0.3) is 5.91 Å². The molecule has 2 N–H and O–H groups in total. The Labute approximate surface area is 109 Å². The molecule has 18 heavy (non-hydrogen) atoms. The first kappa shape index (κ1) is 12.5. The van der Waals surface area contributed by atoms with Crippen molar-refractivity contribution in [3.05, 3.63) is 59.2 Å². The highest BCUT2D eigenvalue weighted by Crippen LogP contribution is 2.09. The van der Waals surface area contributed by atoms with Gasteiger partial charge in [0.05, 0.1) is 6.04 Å². The highest BCUT2D eigenvalue weighted by atomic mass is 35.5. The van der Waals surface area contributed by atoms with Crippen LogP contribution in [0.5, 0.6) is 0 Å². The molecule has 0 saturated heterocycles. The maximum atomic E-state index is 11.7. The Morgan fingerprint density at radius 1 is 1.11 bits per heavy atom. The minimum Gasteiger partial charge on any atom is -0.290 e. The van der Waals surface area contributed by atoms with Crippen molar-refractivity contribution in [2.24, 2.45) is 0 Å². The zero-order valence-electron chi connectivity index (χ0n) is 9.39. The summed E-state index contributed by atoms with van der Waals surface area (Å²) in [6.07, 6.45) is 6.24. The molecule has 1 aliphatic carbocycles. The summed E-state index contributed by atoms with van der Waals surface area (Å²) in [6.45, 7) is 0. The van der Waals surface area contributed by atoms with Crippen LogP contribution in [0.25, 0.3) is 0 Å². The van der Waals surface area contributed by atoms with Crippen molar-refractivity contribution in [3.8, 4) is 0 Å². The molecule has 0 atom stereocenters. The second-order valence-corrected chi connectivity index (χ2v) is 4.19. The third-order valence-electron chi connectivity index (χ3n) is 2.39. The molecule has 0 fully saturated rings. The van der Waals surface area contributed by atoms with E-state index in [4.69, 9.17) is 11.6 Å². The summed E-state index contributed by atoms with van der Waals surface area (Å²) in [5.74, 6) is -0.317. The highest BCUT2D eigenvalue weighted by Gasteiger charge is 2.09. The molecular formula is C13H11ClN2O2. The van der Waals surface area contributed by atoms with Crippen molar-refractivity contribution >= 4 is 23.3 Å². The molecule has 92 valence electrons. The van der Waals surface area contributed by atoms with Crippen molar-refractivity contribution in [1.82, 2.24) is 10.9 Å². The summed E-state index contributed by atoms with van der Waals surface area (Å²) in [5, 5.41) is 0.580. The largest absolute Gasteiger partial charge is 0.290 e. The number of benzene rings is 1. The lowest BCUT2D eigenvalue weighted by Crippen LogP contribution is -2.43. The van der Waals surface area contributed by atoms with E-state index in [-0.39, 0.29) is 17.7 Å². The van der Waals surface area contributed by atoms with Gasteiger partial charge in [0.15, 0.2) is 5.78 Å². The first-order valence-electron chi connectivity index (χ1n) is 5.37. The number of allylic oxidation sites excluding steroid dienone is 2. The van der Waals surface area contributed by atoms with E-state index >= 15 is 0 Å². The number of hydrogen-bond acceptors (Lipinski definition) is 3. The fraction of sp³-hybridized carbons (Fsp3) is 0.0769. The number of hydrazine groups is 1. The summed E-state index contributed by atoms with van der Waals surface area (Å²) in [7, 11) is 0. The van der Waals surface area contributed by atoms with Gasteiger partial charge in [0.2, 0.25) is 0 Å². The molecule has 1 amide bonds. The van der Waals surface area contributed by atoms with E-state index in [1.54, 1.807) is 36.4 Å². The number of hydrogen-bond donors (Lipinski definition) is 2. The minimum absolute atomic E-state index is 0.0583. The molecule has 4 nitrogen and oxygen atoms in total. The number of ketones is 1. The molecule has 0 bridgehead atoms. The lowest BCUT2D eigenvalue weighted by molar-refractivity contribution is -0.110. The van der Waals surface area contributed by atoms with Crippen LogP contribution in [0.2, 0.25) is 5.02 Å². The maximum Gasteiger partial charge on any atom is 0.265 e.